The molecule has 0 spiro atoms. The van der Waals surface area contributed by atoms with E-state index >= 15 is 0 Å². The Labute approximate surface area is 209 Å². The highest BCUT2D eigenvalue weighted by molar-refractivity contribution is 5.85. The van der Waals surface area contributed by atoms with Crippen LogP contribution in [-0.4, -0.2) is 68.2 Å². The molecule has 3 aromatic carbocycles. The number of hydrogen-bond acceptors (Lipinski definition) is 4. The predicted octanol–water partition coefficient (Wildman–Crippen LogP) is 4.11. The first-order chi connectivity index (χ1) is 17.2. The van der Waals surface area contributed by atoms with Gasteiger partial charge in [-0.1, -0.05) is 72.8 Å². The zero-order chi connectivity index (χ0) is 23.9. The van der Waals surface area contributed by atoms with Crippen LogP contribution in [0.1, 0.15) is 24.0 Å². The topological polar surface area (TPSA) is 44.8 Å². The monoisotopic (exact) mass is 471 g/mol. The molecule has 1 amide bonds. The van der Waals surface area contributed by atoms with Crippen molar-refractivity contribution in [3.8, 4) is 0 Å². The van der Waals surface area contributed by atoms with Gasteiger partial charge in [0.05, 0.1) is 19.8 Å². The predicted molar refractivity (Wildman–Crippen MR) is 141 cm³/mol. The van der Waals surface area contributed by atoms with Crippen LogP contribution in [0.5, 0.6) is 0 Å². The van der Waals surface area contributed by atoms with E-state index in [0.717, 1.165) is 71.7 Å². The number of likely N-dealkylation sites (tertiary alicyclic amines) is 1. The minimum absolute atomic E-state index is 0.0674. The Morgan fingerprint density at radius 3 is 2.34 bits per heavy atom. The molecule has 5 nitrogen and oxygen atoms in total. The van der Waals surface area contributed by atoms with E-state index in [0.29, 0.717) is 6.54 Å². The van der Waals surface area contributed by atoms with Crippen molar-refractivity contribution in [1.82, 2.24) is 15.1 Å². The molecule has 0 bridgehead atoms. The Morgan fingerprint density at radius 1 is 0.829 bits per heavy atom. The highest BCUT2D eigenvalue weighted by atomic mass is 16.5. The third-order valence-corrected chi connectivity index (χ3v) is 7.74. The van der Waals surface area contributed by atoms with Crippen molar-refractivity contribution in [3.63, 3.8) is 0 Å². The van der Waals surface area contributed by atoms with E-state index in [1.807, 2.05) is 0 Å². The molecule has 35 heavy (non-hydrogen) atoms. The van der Waals surface area contributed by atoms with Crippen molar-refractivity contribution in [2.75, 3.05) is 52.5 Å². The molecular formula is C30H37N3O2. The summed E-state index contributed by atoms with van der Waals surface area (Å²) in [5.41, 5.74) is 2.83. The van der Waals surface area contributed by atoms with Gasteiger partial charge < -0.3 is 10.1 Å². The fourth-order valence-electron chi connectivity index (χ4n) is 5.60. The molecule has 2 fully saturated rings. The van der Waals surface area contributed by atoms with Gasteiger partial charge in [0.25, 0.3) is 0 Å². The number of ether oxygens (including phenoxy) is 1. The highest BCUT2D eigenvalue weighted by Gasteiger charge is 2.35. The van der Waals surface area contributed by atoms with Crippen LogP contribution in [0.25, 0.3) is 10.8 Å². The Morgan fingerprint density at radius 2 is 1.54 bits per heavy atom. The van der Waals surface area contributed by atoms with E-state index in [1.165, 1.54) is 21.9 Å². The first-order valence-corrected chi connectivity index (χ1v) is 13.0. The number of fused-ring (bicyclic) bond motifs is 1. The van der Waals surface area contributed by atoms with Crippen molar-refractivity contribution < 1.29 is 9.53 Å². The molecule has 2 saturated heterocycles. The van der Waals surface area contributed by atoms with Gasteiger partial charge in [-0.3, -0.25) is 14.6 Å². The minimum Gasteiger partial charge on any atom is -0.379 e. The Kier molecular flexibility index (Phi) is 7.77. The number of piperidine rings is 1. The molecule has 184 valence electrons. The molecule has 3 aromatic rings. The number of nitrogens with one attached hydrogen (secondary N) is 1. The zero-order valence-corrected chi connectivity index (χ0v) is 20.6. The molecule has 2 heterocycles. The second kappa shape index (κ2) is 11.3. The normalized spacial score (nSPS) is 19.0. The summed E-state index contributed by atoms with van der Waals surface area (Å²) in [5, 5.41) is 5.96. The molecule has 2 aliphatic heterocycles. The van der Waals surface area contributed by atoms with Crippen molar-refractivity contribution in [2.24, 2.45) is 5.41 Å². The van der Waals surface area contributed by atoms with Crippen LogP contribution in [0.15, 0.2) is 72.8 Å². The Balaban J connectivity index is 1.28. The first kappa shape index (κ1) is 24.0. The number of morpholine rings is 1. The first-order valence-electron chi connectivity index (χ1n) is 13.0. The maximum Gasteiger partial charge on any atom is 0.234 e. The number of nitrogens with zero attached hydrogens (tertiary/aromatic N) is 2. The summed E-state index contributed by atoms with van der Waals surface area (Å²) in [7, 11) is 0. The van der Waals surface area contributed by atoms with Crippen LogP contribution < -0.4 is 5.32 Å². The van der Waals surface area contributed by atoms with E-state index in [2.05, 4.69) is 87.9 Å². The summed E-state index contributed by atoms with van der Waals surface area (Å²) in [5.74, 6) is 0.135. The summed E-state index contributed by atoms with van der Waals surface area (Å²) in [6, 6.07) is 26.0. The van der Waals surface area contributed by atoms with E-state index in [4.69, 9.17) is 4.74 Å². The van der Waals surface area contributed by atoms with Gasteiger partial charge in [0.15, 0.2) is 0 Å². The van der Waals surface area contributed by atoms with Crippen LogP contribution >= 0.6 is 0 Å². The second-order valence-electron chi connectivity index (χ2n) is 10.2. The largest absolute Gasteiger partial charge is 0.379 e. The summed E-state index contributed by atoms with van der Waals surface area (Å²) in [4.78, 5) is 17.6. The van der Waals surface area contributed by atoms with Crippen molar-refractivity contribution in [3.05, 3.63) is 83.9 Å². The van der Waals surface area contributed by atoms with Gasteiger partial charge in [-0.05, 0) is 59.7 Å². The van der Waals surface area contributed by atoms with Crippen molar-refractivity contribution >= 4 is 16.7 Å². The Hall–Kier alpha value is -2.73. The van der Waals surface area contributed by atoms with E-state index in [1.54, 1.807) is 0 Å². The second-order valence-corrected chi connectivity index (χ2v) is 10.2. The van der Waals surface area contributed by atoms with Crippen LogP contribution in [0.2, 0.25) is 0 Å². The lowest BCUT2D eigenvalue weighted by molar-refractivity contribution is -0.124. The summed E-state index contributed by atoms with van der Waals surface area (Å²) >= 11 is 0. The van der Waals surface area contributed by atoms with Gasteiger partial charge >= 0.3 is 0 Å². The van der Waals surface area contributed by atoms with Gasteiger partial charge in [0.2, 0.25) is 5.91 Å². The lowest BCUT2D eigenvalue weighted by atomic mass is 9.73. The summed E-state index contributed by atoms with van der Waals surface area (Å²) < 4.78 is 5.43. The average molecular weight is 472 g/mol. The molecule has 0 unspecified atom stereocenters. The smallest absolute Gasteiger partial charge is 0.234 e. The molecule has 0 atom stereocenters. The fourth-order valence-corrected chi connectivity index (χ4v) is 5.60. The Bertz CT molecular complexity index is 1100. The van der Waals surface area contributed by atoms with Crippen molar-refractivity contribution in [2.45, 2.75) is 25.8 Å². The maximum atomic E-state index is 12.9. The van der Waals surface area contributed by atoms with Gasteiger partial charge in [0.1, 0.15) is 0 Å². The van der Waals surface area contributed by atoms with Gasteiger partial charge in [-0.2, -0.15) is 0 Å². The van der Waals surface area contributed by atoms with Gasteiger partial charge in [-0.15, -0.1) is 0 Å². The quantitative estimate of drug-likeness (QED) is 0.537. The fraction of sp³-hybridized carbons (Fsp3) is 0.433. The lowest BCUT2D eigenvalue weighted by Crippen LogP contribution is -2.49. The van der Waals surface area contributed by atoms with E-state index < -0.39 is 0 Å². The molecule has 2 aliphatic rings. The lowest BCUT2D eigenvalue weighted by Gasteiger charge is -2.42. The van der Waals surface area contributed by atoms with Crippen molar-refractivity contribution in [1.29, 1.82) is 0 Å². The third kappa shape index (κ3) is 6.29. The average Bonchev–Trinajstić information content (AvgIpc) is 2.90. The van der Waals surface area contributed by atoms with Crippen LogP contribution in [0, 0.1) is 5.41 Å². The van der Waals surface area contributed by atoms with E-state index in [-0.39, 0.29) is 11.3 Å². The number of carbonyl (C=O) groups excluding carboxylic acids is 1. The number of carbonyl (C=O) groups is 1. The molecule has 0 aliphatic carbocycles. The maximum absolute atomic E-state index is 12.9. The van der Waals surface area contributed by atoms with Crippen LogP contribution in [0.4, 0.5) is 0 Å². The standard InChI is InChI=1S/C30H37N3O2/c34-29(23-33-17-19-35-20-18-33)31-24-30(21-27-11-6-10-26-9-4-5-12-28(26)27)13-15-32(16-14-30)22-25-7-2-1-3-8-25/h1-12H,13-24H2,(H,31,34). The molecule has 0 aromatic heterocycles. The highest BCUT2D eigenvalue weighted by Crippen LogP contribution is 2.37. The number of hydrogen-bond donors (Lipinski definition) is 1. The molecule has 0 saturated carbocycles. The molecule has 0 radical (unpaired) electrons. The number of benzene rings is 3. The van der Waals surface area contributed by atoms with E-state index in [9.17, 15) is 4.79 Å². The summed E-state index contributed by atoms with van der Waals surface area (Å²) in [6.45, 7) is 7.41. The number of rotatable bonds is 8. The third-order valence-electron chi connectivity index (χ3n) is 7.74. The molecule has 5 heteroatoms. The van der Waals surface area contributed by atoms with Gasteiger partial charge in [0, 0.05) is 26.2 Å². The van der Waals surface area contributed by atoms with Gasteiger partial charge in [-0.25, -0.2) is 0 Å². The van der Waals surface area contributed by atoms with Crippen LogP contribution in [-0.2, 0) is 22.5 Å². The minimum atomic E-state index is 0.0674. The number of amides is 1. The summed E-state index contributed by atoms with van der Waals surface area (Å²) in [6.07, 6.45) is 3.16. The molecular weight excluding hydrogens is 434 g/mol. The molecule has 5 rings (SSSR count). The molecule has 1 N–H and O–H groups in total. The zero-order valence-electron chi connectivity index (χ0n) is 20.6. The van der Waals surface area contributed by atoms with Crippen LogP contribution in [0.3, 0.4) is 0 Å². The SMILES string of the molecule is O=C(CN1CCOCC1)NCC1(Cc2cccc3ccccc23)CCN(Cc2ccccc2)CC1.